The third-order valence-electron chi connectivity index (χ3n) is 4.58. The number of hydrogen-bond acceptors (Lipinski definition) is 2. The van der Waals surface area contributed by atoms with E-state index in [9.17, 15) is 14.7 Å². The molecule has 1 N–H and O–H groups in total. The first-order valence-electron chi connectivity index (χ1n) is 7.19. The summed E-state index contributed by atoms with van der Waals surface area (Å²) < 4.78 is 0. The lowest BCUT2D eigenvalue weighted by Crippen LogP contribution is -2.52. The van der Waals surface area contributed by atoms with E-state index in [4.69, 9.17) is 0 Å². The highest BCUT2D eigenvalue weighted by Gasteiger charge is 2.39. The number of amides is 2. The fourth-order valence-corrected chi connectivity index (χ4v) is 2.97. The number of carbonyl (C=O) groups excluding carboxylic acids is 1. The Bertz CT molecular complexity index is 362. The third-order valence-corrected chi connectivity index (χ3v) is 4.58. The summed E-state index contributed by atoms with van der Waals surface area (Å²) in [5.41, 5.74) is -0.661. The molecule has 0 radical (unpaired) electrons. The van der Waals surface area contributed by atoms with E-state index in [2.05, 4.69) is 6.92 Å². The number of urea groups is 1. The number of carboxylic acids is 1. The lowest BCUT2D eigenvalue weighted by molar-refractivity contribution is -0.150. The summed E-state index contributed by atoms with van der Waals surface area (Å²) >= 11 is 0. The predicted octanol–water partition coefficient (Wildman–Crippen LogP) is 2.03. The summed E-state index contributed by atoms with van der Waals surface area (Å²) in [6.45, 7) is 6.76. The second-order valence-electron chi connectivity index (χ2n) is 6.33. The summed E-state index contributed by atoms with van der Waals surface area (Å²) in [7, 11) is 0. The summed E-state index contributed by atoms with van der Waals surface area (Å²) in [5.74, 6) is -0.169. The van der Waals surface area contributed by atoms with Crippen molar-refractivity contribution >= 4 is 12.0 Å². The van der Waals surface area contributed by atoms with Gasteiger partial charge in [-0.05, 0) is 38.5 Å². The van der Waals surface area contributed by atoms with Crippen LogP contribution in [-0.4, -0.2) is 53.1 Å². The van der Waals surface area contributed by atoms with Crippen molar-refractivity contribution in [3.63, 3.8) is 0 Å². The number of hydrogen-bond donors (Lipinski definition) is 1. The lowest BCUT2D eigenvalue weighted by atomic mass is 9.80. The van der Waals surface area contributed by atoms with E-state index in [0.29, 0.717) is 31.8 Å². The van der Waals surface area contributed by atoms with E-state index in [1.807, 2.05) is 9.80 Å². The van der Waals surface area contributed by atoms with Gasteiger partial charge in [0.25, 0.3) is 0 Å². The van der Waals surface area contributed by atoms with Crippen LogP contribution in [0.5, 0.6) is 0 Å². The topological polar surface area (TPSA) is 60.9 Å². The average Bonchev–Trinajstić information content (AvgIpc) is 2.38. The van der Waals surface area contributed by atoms with E-state index in [1.165, 1.54) is 6.42 Å². The van der Waals surface area contributed by atoms with E-state index in [-0.39, 0.29) is 6.03 Å². The zero-order valence-electron chi connectivity index (χ0n) is 11.9. The number of piperidine rings is 2. The minimum Gasteiger partial charge on any atom is -0.481 e. The summed E-state index contributed by atoms with van der Waals surface area (Å²) in [5, 5.41) is 9.19. The molecule has 0 aromatic rings. The Labute approximate surface area is 114 Å². The van der Waals surface area contributed by atoms with Crippen LogP contribution in [-0.2, 0) is 4.79 Å². The number of rotatable bonds is 1. The van der Waals surface area contributed by atoms with Crippen molar-refractivity contribution < 1.29 is 14.7 Å². The van der Waals surface area contributed by atoms with Gasteiger partial charge in [-0.3, -0.25) is 4.79 Å². The minimum atomic E-state index is -0.744. The van der Waals surface area contributed by atoms with Crippen molar-refractivity contribution in [2.75, 3.05) is 26.2 Å². The van der Waals surface area contributed by atoms with Gasteiger partial charge in [-0.15, -0.1) is 0 Å². The normalized spacial score (nSPS) is 27.2. The largest absolute Gasteiger partial charge is 0.481 e. The zero-order valence-corrected chi connectivity index (χ0v) is 11.9. The Hall–Kier alpha value is -1.26. The number of carboxylic acid groups (broad SMARTS) is 1. The number of nitrogens with zero attached hydrogens (tertiary/aromatic N) is 2. The van der Waals surface area contributed by atoms with Gasteiger partial charge >= 0.3 is 12.0 Å². The molecule has 0 aromatic heterocycles. The van der Waals surface area contributed by atoms with Crippen LogP contribution in [0.15, 0.2) is 0 Å². The molecule has 0 aliphatic carbocycles. The van der Waals surface area contributed by atoms with Crippen molar-refractivity contribution in [2.45, 2.75) is 39.5 Å². The first kappa shape index (κ1) is 14.2. The predicted molar refractivity (Wildman–Crippen MR) is 71.9 cm³/mol. The van der Waals surface area contributed by atoms with Gasteiger partial charge < -0.3 is 14.9 Å². The lowest BCUT2D eigenvalue weighted by Gasteiger charge is -2.40. The van der Waals surface area contributed by atoms with Crippen LogP contribution in [0.3, 0.4) is 0 Å². The Morgan fingerprint density at radius 1 is 1.16 bits per heavy atom. The molecule has 108 valence electrons. The standard InChI is InChI=1S/C14H24N2O3/c1-11-4-3-7-16(10-11)13(19)15-8-5-14(2,6-9-15)12(17)18/h11H,3-10H2,1-2H3,(H,17,18). The first-order valence-corrected chi connectivity index (χ1v) is 7.19. The number of carbonyl (C=O) groups is 2. The molecule has 2 heterocycles. The van der Waals surface area contributed by atoms with Gasteiger partial charge in [-0.25, -0.2) is 4.79 Å². The Kier molecular flexibility index (Phi) is 4.02. The molecule has 2 rings (SSSR count). The van der Waals surface area contributed by atoms with Gasteiger partial charge in [0.15, 0.2) is 0 Å². The molecule has 5 nitrogen and oxygen atoms in total. The fraction of sp³-hybridized carbons (Fsp3) is 0.857. The second-order valence-corrected chi connectivity index (χ2v) is 6.33. The van der Waals surface area contributed by atoms with Gasteiger partial charge in [0, 0.05) is 26.2 Å². The second kappa shape index (κ2) is 5.39. The molecule has 2 aliphatic heterocycles. The maximum Gasteiger partial charge on any atom is 0.320 e. The van der Waals surface area contributed by atoms with Crippen LogP contribution in [0, 0.1) is 11.3 Å². The Balaban J connectivity index is 1.90. The van der Waals surface area contributed by atoms with Crippen LogP contribution in [0.2, 0.25) is 0 Å². The molecule has 1 unspecified atom stereocenters. The molecule has 2 saturated heterocycles. The minimum absolute atomic E-state index is 0.0963. The van der Waals surface area contributed by atoms with Crippen molar-refractivity contribution in [3.8, 4) is 0 Å². The average molecular weight is 268 g/mol. The van der Waals surface area contributed by atoms with Crippen LogP contribution in [0.1, 0.15) is 39.5 Å². The molecule has 0 spiro atoms. The van der Waals surface area contributed by atoms with Crippen LogP contribution >= 0.6 is 0 Å². The van der Waals surface area contributed by atoms with E-state index < -0.39 is 11.4 Å². The molecular formula is C14H24N2O3. The Morgan fingerprint density at radius 2 is 1.79 bits per heavy atom. The molecule has 0 aromatic carbocycles. The summed E-state index contributed by atoms with van der Waals surface area (Å²) in [6, 6.07) is 0.0963. The molecule has 19 heavy (non-hydrogen) atoms. The number of aliphatic carboxylic acids is 1. The zero-order chi connectivity index (χ0) is 14.0. The van der Waals surface area contributed by atoms with Crippen LogP contribution in [0.25, 0.3) is 0 Å². The monoisotopic (exact) mass is 268 g/mol. The van der Waals surface area contributed by atoms with Gasteiger partial charge in [-0.2, -0.15) is 0 Å². The van der Waals surface area contributed by atoms with Gasteiger partial charge in [0.05, 0.1) is 5.41 Å². The third kappa shape index (κ3) is 3.01. The van der Waals surface area contributed by atoms with Crippen LogP contribution < -0.4 is 0 Å². The fourth-order valence-electron chi connectivity index (χ4n) is 2.97. The maximum atomic E-state index is 12.4. The smallest absolute Gasteiger partial charge is 0.320 e. The van der Waals surface area contributed by atoms with Crippen molar-refractivity contribution in [3.05, 3.63) is 0 Å². The summed E-state index contributed by atoms with van der Waals surface area (Å²) in [6.07, 6.45) is 3.38. The quantitative estimate of drug-likeness (QED) is 0.791. The molecule has 2 amide bonds. The van der Waals surface area contributed by atoms with Crippen LogP contribution in [0.4, 0.5) is 4.79 Å². The first-order chi connectivity index (χ1) is 8.92. The SMILES string of the molecule is CC1CCCN(C(=O)N2CCC(C)(C(=O)O)CC2)C1. The van der Waals surface area contributed by atoms with Gasteiger partial charge in [0.2, 0.25) is 0 Å². The summed E-state index contributed by atoms with van der Waals surface area (Å²) in [4.78, 5) is 27.3. The molecule has 5 heteroatoms. The molecular weight excluding hydrogens is 244 g/mol. The van der Waals surface area contributed by atoms with Gasteiger partial charge in [0.1, 0.15) is 0 Å². The molecule has 1 atom stereocenters. The molecule has 0 saturated carbocycles. The van der Waals surface area contributed by atoms with E-state index in [0.717, 1.165) is 19.5 Å². The molecule has 0 bridgehead atoms. The van der Waals surface area contributed by atoms with Crippen molar-refractivity contribution in [1.82, 2.24) is 9.80 Å². The number of likely N-dealkylation sites (tertiary alicyclic amines) is 2. The highest BCUT2D eigenvalue weighted by atomic mass is 16.4. The van der Waals surface area contributed by atoms with Crippen molar-refractivity contribution in [1.29, 1.82) is 0 Å². The highest BCUT2D eigenvalue weighted by molar-refractivity contribution is 5.77. The van der Waals surface area contributed by atoms with Crippen molar-refractivity contribution in [2.24, 2.45) is 11.3 Å². The maximum absolute atomic E-state index is 12.4. The molecule has 2 aliphatic rings. The van der Waals surface area contributed by atoms with E-state index >= 15 is 0 Å². The van der Waals surface area contributed by atoms with E-state index in [1.54, 1.807) is 6.92 Å². The molecule has 2 fully saturated rings. The Morgan fingerprint density at radius 3 is 2.32 bits per heavy atom. The van der Waals surface area contributed by atoms with Gasteiger partial charge in [-0.1, -0.05) is 6.92 Å². The highest BCUT2D eigenvalue weighted by Crippen LogP contribution is 2.31.